The Morgan fingerprint density at radius 2 is 1.91 bits per heavy atom. The van der Waals surface area contributed by atoms with E-state index < -0.39 is 27.8 Å². The van der Waals surface area contributed by atoms with Crippen LogP contribution in [0.15, 0.2) is 47.5 Å². The molecule has 0 saturated carbocycles. The first kappa shape index (κ1) is 35.4. The number of rotatable bonds is 12. The van der Waals surface area contributed by atoms with Gasteiger partial charge in [-0.25, -0.2) is 17.9 Å². The van der Waals surface area contributed by atoms with E-state index in [1.807, 2.05) is 26.8 Å². The number of nitrogens with two attached hydrogens (primary N) is 1. The number of carbonyl (C=O) groups excluding carboxylic acids is 1. The SMILES string of the molecule is CC(C)(C)OC(=O)N[C@@H]1CCCN([C@H]2Cc3c(Cl)cc(Cl)cc3[C@@H]2Oc2ccc(S(=O)(=O)NCCCCn3cc(CN)nn3)cc2)C1. The number of amides is 1. The predicted molar refractivity (Wildman–Crippen MR) is 180 cm³/mol. The molecule has 1 saturated heterocycles. The van der Waals surface area contributed by atoms with E-state index in [1.54, 1.807) is 41.2 Å². The Balaban J connectivity index is 1.23. The van der Waals surface area contributed by atoms with Gasteiger partial charge in [-0.2, -0.15) is 0 Å². The van der Waals surface area contributed by atoms with Crippen LogP contribution in [0, 0.1) is 0 Å². The second-order valence-electron chi connectivity index (χ2n) is 13.0. The zero-order valence-electron chi connectivity index (χ0n) is 26.9. The highest BCUT2D eigenvalue weighted by atomic mass is 35.5. The van der Waals surface area contributed by atoms with Crippen LogP contribution in [0.3, 0.4) is 0 Å². The number of sulfonamides is 1. The van der Waals surface area contributed by atoms with Crippen LogP contribution in [-0.4, -0.2) is 71.7 Å². The van der Waals surface area contributed by atoms with Gasteiger partial charge in [0.25, 0.3) is 0 Å². The van der Waals surface area contributed by atoms with Gasteiger partial charge in [0.05, 0.1) is 16.6 Å². The maximum atomic E-state index is 13.0. The standard InChI is InChI=1S/C32H43Cl2N7O5S/c1-32(2,3)46-31(42)37-22-7-6-13-40(19-22)29-17-26-27(15-21(33)16-28(26)34)30(29)45-24-8-10-25(11-9-24)47(43,44)36-12-4-5-14-41-20-23(18-35)38-39-41/h8-11,15-16,20,22,29-30,36H,4-7,12-14,17-19,35H2,1-3H3,(H,37,42)/t22-,29+,30+/m1/s1. The lowest BCUT2D eigenvalue weighted by atomic mass is 10.0. The van der Waals surface area contributed by atoms with Gasteiger partial charge in [0.15, 0.2) is 0 Å². The summed E-state index contributed by atoms with van der Waals surface area (Å²) >= 11 is 13.1. The Morgan fingerprint density at radius 3 is 2.62 bits per heavy atom. The third kappa shape index (κ3) is 9.36. The molecule has 1 fully saturated rings. The number of halogens is 2. The Kier molecular flexibility index (Phi) is 11.4. The number of benzene rings is 2. The van der Waals surface area contributed by atoms with Crippen LogP contribution in [0.5, 0.6) is 5.75 Å². The summed E-state index contributed by atoms with van der Waals surface area (Å²) < 4.78 is 42.4. The highest BCUT2D eigenvalue weighted by molar-refractivity contribution is 7.89. The van der Waals surface area contributed by atoms with E-state index in [0.29, 0.717) is 60.5 Å². The maximum Gasteiger partial charge on any atom is 0.407 e. The number of hydrogen-bond donors (Lipinski definition) is 3. The third-order valence-electron chi connectivity index (χ3n) is 8.21. The van der Waals surface area contributed by atoms with E-state index in [4.69, 9.17) is 38.4 Å². The van der Waals surface area contributed by atoms with Gasteiger partial charge in [-0.15, -0.1) is 5.10 Å². The summed E-state index contributed by atoms with van der Waals surface area (Å²) in [5.74, 6) is 0.521. The van der Waals surface area contributed by atoms with E-state index in [2.05, 4.69) is 25.3 Å². The summed E-state index contributed by atoms with van der Waals surface area (Å²) in [7, 11) is -3.71. The van der Waals surface area contributed by atoms with Gasteiger partial charge in [-0.1, -0.05) is 28.4 Å². The van der Waals surface area contributed by atoms with Gasteiger partial charge in [-0.3, -0.25) is 9.58 Å². The van der Waals surface area contributed by atoms with Crippen LogP contribution in [0.4, 0.5) is 4.79 Å². The number of piperidine rings is 1. The lowest BCUT2D eigenvalue weighted by molar-refractivity contribution is 0.0362. The fraction of sp³-hybridized carbons (Fsp3) is 0.531. The van der Waals surface area contributed by atoms with Gasteiger partial charge in [0.2, 0.25) is 10.0 Å². The Labute approximate surface area is 286 Å². The number of nitrogens with one attached hydrogen (secondary N) is 2. The van der Waals surface area contributed by atoms with Crippen molar-refractivity contribution in [3.8, 4) is 5.75 Å². The highest BCUT2D eigenvalue weighted by Gasteiger charge is 2.41. The quantitative estimate of drug-likeness (QED) is 0.225. The average Bonchev–Trinajstić information content (AvgIpc) is 3.61. The van der Waals surface area contributed by atoms with E-state index in [0.717, 1.165) is 36.9 Å². The average molecular weight is 709 g/mol. The minimum absolute atomic E-state index is 0.0753. The van der Waals surface area contributed by atoms with Crippen LogP contribution in [0.25, 0.3) is 0 Å². The zero-order chi connectivity index (χ0) is 33.8. The molecule has 0 radical (unpaired) electrons. The number of nitrogens with zero attached hydrogens (tertiary/aromatic N) is 4. The van der Waals surface area contributed by atoms with Crippen molar-refractivity contribution in [2.45, 2.75) is 94.6 Å². The molecule has 3 atom stereocenters. The number of alkyl carbamates (subject to hydrolysis) is 1. The summed E-state index contributed by atoms with van der Waals surface area (Å²) in [5.41, 5.74) is 7.57. The smallest absolute Gasteiger partial charge is 0.407 e. The first-order valence-corrected chi connectivity index (χ1v) is 18.1. The molecule has 47 heavy (non-hydrogen) atoms. The largest absolute Gasteiger partial charge is 0.484 e. The molecule has 15 heteroatoms. The van der Waals surface area contributed by atoms with Crippen LogP contribution in [-0.2, 0) is 34.3 Å². The molecule has 5 rings (SSSR count). The lowest BCUT2D eigenvalue weighted by Crippen LogP contribution is -2.53. The molecule has 2 aliphatic rings. The third-order valence-corrected chi connectivity index (χ3v) is 10.2. The van der Waals surface area contributed by atoms with Gasteiger partial charge in [-0.05, 0) is 101 Å². The number of ether oxygens (including phenoxy) is 2. The van der Waals surface area contributed by atoms with Crippen molar-refractivity contribution in [1.29, 1.82) is 0 Å². The molecular weight excluding hydrogens is 665 g/mol. The van der Waals surface area contributed by atoms with Crippen molar-refractivity contribution in [3.05, 3.63) is 69.5 Å². The summed E-state index contributed by atoms with van der Waals surface area (Å²) in [5, 5.41) is 12.1. The Hall–Kier alpha value is -2.94. The van der Waals surface area contributed by atoms with Gasteiger partial charge < -0.3 is 20.5 Å². The number of likely N-dealkylation sites (tertiary alicyclic amines) is 1. The first-order chi connectivity index (χ1) is 22.3. The fourth-order valence-electron chi connectivity index (χ4n) is 6.05. The molecule has 12 nitrogen and oxygen atoms in total. The van der Waals surface area contributed by atoms with Crippen molar-refractivity contribution < 1.29 is 22.7 Å². The van der Waals surface area contributed by atoms with Crippen molar-refractivity contribution >= 4 is 39.3 Å². The number of fused-ring (bicyclic) bond motifs is 1. The molecule has 2 heterocycles. The molecule has 4 N–H and O–H groups in total. The monoisotopic (exact) mass is 707 g/mol. The summed E-state index contributed by atoms with van der Waals surface area (Å²) in [6.07, 6.45) is 4.70. The second kappa shape index (κ2) is 15.1. The maximum absolute atomic E-state index is 13.0. The normalized spacial score (nSPS) is 20.2. The van der Waals surface area contributed by atoms with Crippen LogP contribution < -0.4 is 20.5 Å². The summed E-state index contributed by atoms with van der Waals surface area (Å²) in [6.45, 7) is 8.22. The molecule has 0 bridgehead atoms. The number of hydrogen-bond acceptors (Lipinski definition) is 9. The first-order valence-electron chi connectivity index (χ1n) is 15.9. The second-order valence-corrected chi connectivity index (χ2v) is 15.6. The summed E-state index contributed by atoms with van der Waals surface area (Å²) in [4.78, 5) is 15.0. The molecular formula is C32H43Cl2N7O5S. The van der Waals surface area contributed by atoms with Gasteiger partial charge in [0.1, 0.15) is 17.5 Å². The van der Waals surface area contributed by atoms with Gasteiger partial charge >= 0.3 is 6.09 Å². The molecule has 1 aliphatic heterocycles. The number of unbranched alkanes of at least 4 members (excludes halogenated alkanes) is 1. The molecule has 3 aromatic rings. The van der Waals surface area contributed by atoms with Crippen LogP contribution in [0.2, 0.25) is 10.0 Å². The highest BCUT2D eigenvalue weighted by Crippen LogP contribution is 2.43. The molecule has 0 spiro atoms. The topological polar surface area (TPSA) is 154 Å². The minimum Gasteiger partial charge on any atom is -0.484 e. The molecule has 2 aromatic carbocycles. The fourth-order valence-corrected chi connectivity index (χ4v) is 7.71. The van der Waals surface area contributed by atoms with Crippen molar-refractivity contribution in [3.63, 3.8) is 0 Å². The lowest BCUT2D eigenvalue weighted by Gasteiger charge is -2.39. The predicted octanol–water partition coefficient (Wildman–Crippen LogP) is 4.84. The number of aryl methyl sites for hydroxylation is 1. The molecule has 1 amide bonds. The zero-order valence-corrected chi connectivity index (χ0v) is 29.2. The van der Waals surface area contributed by atoms with E-state index in [-0.39, 0.29) is 17.0 Å². The van der Waals surface area contributed by atoms with Crippen molar-refractivity contribution in [2.24, 2.45) is 5.73 Å². The van der Waals surface area contributed by atoms with E-state index in [9.17, 15) is 13.2 Å². The van der Waals surface area contributed by atoms with Gasteiger partial charge in [0, 0.05) is 54.0 Å². The van der Waals surface area contributed by atoms with Crippen molar-refractivity contribution in [2.75, 3.05) is 19.6 Å². The number of carbonyl (C=O) groups is 1. The Morgan fingerprint density at radius 1 is 1.15 bits per heavy atom. The number of aromatic nitrogens is 3. The van der Waals surface area contributed by atoms with Crippen LogP contribution >= 0.6 is 23.2 Å². The van der Waals surface area contributed by atoms with Crippen molar-refractivity contribution in [1.82, 2.24) is 29.9 Å². The van der Waals surface area contributed by atoms with E-state index in [1.165, 1.54) is 0 Å². The molecule has 256 valence electrons. The van der Waals surface area contributed by atoms with Crippen LogP contribution in [0.1, 0.15) is 69.4 Å². The molecule has 0 unspecified atom stereocenters. The Bertz CT molecular complexity index is 1650. The molecule has 1 aliphatic carbocycles. The minimum atomic E-state index is -3.71. The summed E-state index contributed by atoms with van der Waals surface area (Å²) in [6, 6.07) is 9.88. The molecule has 1 aromatic heterocycles. The van der Waals surface area contributed by atoms with E-state index >= 15 is 0 Å².